The van der Waals surface area contributed by atoms with Crippen LogP contribution in [0.3, 0.4) is 0 Å². The van der Waals surface area contributed by atoms with Gasteiger partial charge in [-0.2, -0.15) is 0 Å². The van der Waals surface area contributed by atoms with E-state index in [4.69, 9.17) is 0 Å². The molecular formula is C12H13BrF2N2O2S. The van der Waals surface area contributed by atoms with Gasteiger partial charge in [0.25, 0.3) is 0 Å². The van der Waals surface area contributed by atoms with E-state index >= 15 is 0 Å². The van der Waals surface area contributed by atoms with E-state index in [2.05, 4.69) is 26.0 Å². The van der Waals surface area contributed by atoms with Gasteiger partial charge in [0.2, 0.25) is 10.0 Å². The Labute approximate surface area is 124 Å². The molecule has 0 bridgehead atoms. The van der Waals surface area contributed by atoms with Crippen LogP contribution in [0.2, 0.25) is 0 Å². The average molecular weight is 367 g/mol. The van der Waals surface area contributed by atoms with Crippen LogP contribution in [0.1, 0.15) is 6.42 Å². The van der Waals surface area contributed by atoms with Crippen LogP contribution in [0, 0.1) is 11.6 Å². The second-order valence-corrected chi connectivity index (χ2v) is 6.93. The van der Waals surface area contributed by atoms with Gasteiger partial charge in [-0.05, 0) is 35.0 Å². The molecule has 1 aliphatic heterocycles. The SMILES string of the molecule is O=S(=O)(NCC1=CCNCC1)c1cc(Br)c(F)cc1F. The van der Waals surface area contributed by atoms with Crippen molar-refractivity contribution in [3.63, 3.8) is 0 Å². The molecule has 0 fully saturated rings. The molecular weight excluding hydrogens is 354 g/mol. The van der Waals surface area contributed by atoms with Gasteiger partial charge >= 0.3 is 0 Å². The van der Waals surface area contributed by atoms with Crippen molar-refractivity contribution >= 4 is 26.0 Å². The highest BCUT2D eigenvalue weighted by atomic mass is 79.9. The highest BCUT2D eigenvalue weighted by Crippen LogP contribution is 2.23. The molecule has 1 heterocycles. The van der Waals surface area contributed by atoms with Crippen LogP contribution in [0.4, 0.5) is 8.78 Å². The first-order chi connectivity index (χ1) is 9.40. The third-order valence-corrected chi connectivity index (χ3v) is 4.94. The third kappa shape index (κ3) is 3.63. The Morgan fingerprint density at radius 3 is 2.70 bits per heavy atom. The zero-order valence-corrected chi connectivity index (χ0v) is 12.8. The van der Waals surface area contributed by atoms with Crippen LogP contribution in [0.5, 0.6) is 0 Å². The van der Waals surface area contributed by atoms with Crippen LogP contribution in [-0.4, -0.2) is 28.1 Å². The Hall–Kier alpha value is -0.830. The second kappa shape index (κ2) is 6.30. The predicted molar refractivity (Wildman–Crippen MR) is 74.8 cm³/mol. The maximum Gasteiger partial charge on any atom is 0.243 e. The number of hydrogen-bond acceptors (Lipinski definition) is 3. The molecule has 0 spiro atoms. The van der Waals surface area contributed by atoms with Crippen molar-refractivity contribution in [1.82, 2.24) is 10.0 Å². The van der Waals surface area contributed by atoms with E-state index in [-0.39, 0.29) is 11.0 Å². The lowest BCUT2D eigenvalue weighted by atomic mass is 10.1. The Kier molecular flexibility index (Phi) is 4.90. The van der Waals surface area contributed by atoms with Crippen molar-refractivity contribution in [1.29, 1.82) is 0 Å². The number of hydrogen-bond donors (Lipinski definition) is 2. The van der Waals surface area contributed by atoms with E-state index in [0.717, 1.165) is 24.6 Å². The lowest BCUT2D eigenvalue weighted by molar-refractivity contribution is 0.541. The van der Waals surface area contributed by atoms with E-state index in [1.807, 2.05) is 6.08 Å². The van der Waals surface area contributed by atoms with Crippen LogP contribution in [0.15, 0.2) is 33.2 Å². The van der Waals surface area contributed by atoms with Gasteiger partial charge in [0.05, 0.1) is 4.47 Å². The normalized spacial score (nSPS) is 16.1. The largest absolute Gasteiger partial charge is 0.313 e. The molecule has 0 aromatic heterocycles. The molecule has 1 aromatic carbocycles. The Morgan fingerprint density at radius 2 is 2.05 bits per heavy atom. The summed E-state index contributed by atoms with van der Waals surface area (Å²) < 4.78 is 53.0. The summed E-state index contributed by atoms with van der Waals surface area (Å²) in [4.78, 5) is -0.569. The summed E-state index contributed by atoms with van der Waals surface area (Å²) in [6.45, 7) is 1.59. The van der Waals surface area contributed by atoms with E-state index in [1.54, 1.807) is 0 Å². The van der Waals surface area contributed by atoms with Crippen LogP contribution < -0.4 is 10.0 Å². The highest BCUT2D eigenvalue weighted by molar-refractivity contribution is 9.10. The van der Waals surface area contributed by atoms with Gasteiger partial charge in [-0.25, -0.2) is 21.9 Å². The molecule has 110 valence electrons. The summed E-state index contributed by atoms with van der Waals surface area (Å²) in [5.41, 5.74) is 0.939. The molecule has 4 nitrogen and oxygen atoms in total. The molecule has 20 heavy (non-hydrogen) atoms. The van der Waals surface area contributed by atoms with Crippen molar-refractivity contribution in [2.75, 3.05) is 19.6 Å². The fourth-order valence-corrected chi connectivity index (χ4v) is 3.42. The standard InChI is InChI=1S/C12H13BrF2N2O2S/c13-9-5-12(11(15)6-10(9)14)20(18,19)17-7-8-1-3-16-4-2-8/h1,5-6,16-17H,2-4,7H2. The van der Waals surface area contributed by atoms with Crippen LogP contribution in [-0.2, 0) is 10.0 Å². The van der Waals surface area contributed by atoms with Crippen molar-refractivity contribution in [2.45, 2.75) is 11.3 Å². The summed E-state index contributed by atoms with van der Waals surface area (Å²) in [6, 6.07) is 1.46. The molecule has 0 radical (unpaired) electrons. The molecule has 0 saturated heterocycles. The first kappa shape index (κ1) is 15.6. The van der Waals surface area contributed by atoms with Crippen molar-refractivity contribution in [3.05, 3.63) is 39.9 Å². The second-order valence-electron chi connectivity index (χ2n) is 4.34. The zero-order chi connectivity index (χ0) is 14.8. The fraction of sp³-hybridized carbons (Fsp3) is 0.333. The minimum absolute atomic E-state index is 0.0969. The number of sulfonamides is 1. The first-order valence-electron chi connectivity index (χ1n) is 5.93. The molecule has 0 atom stereocenters. The molecule has 0 aliphatic carbocycles. The van der Waals surface area contributed by atoms with E-state index in [1.165, 1.54) is 0 Å². The molecule has 1 aromatic rings. The molecule has 0 amide bonds. The summed E-state index contributed by atoms with van der Waals surface area (Å²) >= 11 is 2.85. The van der Waals surface area contributed by atoms with E-state index < -0.39 is 26.6 Å². The summed E-state index contributed by atoms with van der Waals surface area (Å²) in [5.74, 6) is -1.96. The highest BCUT2D eigenvalue weighted by Gasteiger charge is 2.21. The Balaban J connectivity index is 2.18. The number of benzene rings is 1. The van der Waals surface area contributed by atoms with Gasteiger partial charge in [0, 0.05) is 19.2 Å². The molecule has 8 heteroatoms. The van der Waals surface area contributed by atoms with Gasteiger partial charge in [-0.1, -0.05) is 11.6 Å². The monoisotopic (exact) mass is 366 g/mol. The van der Waals surface area contributed by atoms with Crippen LogP contribution >= 0.6 is 15.9 Å². The summed E-state index contributed by atoms with van der Waals surface area (Å²) in [5, 5.41) is 3.10. The van der Waals surface area contributed by atoms with Gasteiger partial charge < -0.3 is 5.32 Å². The minimum atomic E-state index is -4.01. The quantitative estimate of drug-likeness (QED) is 0.632. The molecule has 2 N–H and O–H groups in total. The van der Waals surface area contributed by atoms with Gasteiger partial charge in [-0.3, -0.25) is 0 Å². The van der Waals surface area contributed by atoms with Crippen molar-refractivity contribution in [2.24, 2.45) is 0 Å². The van der Waals surface area contributed by atoms with Crippen LogP contribution in [0.25, 0.3) is 0 Å². The van der Waals surface area contributed by atoms with Gasteiger partial charge in [0.1, 0.15) is 16.5 Å². The van der Waals surface area contributed by atoms with Gasteiger partial charge in [0.15, 0.2) is 0 Å². The molecule has 0 unspecified atom stereocenters. The maximum absolute atomic E-state index is 13.6. The minimum Gasteiger partial charge on any atom is -0.313 e. The Bertz CT molecular complexity index is 647. The Morgan fingerprint density at radius 1 is 1.30 bits per heavy atom. The molecule has 0 saturated carbocycles. The number of rotatable bonds is 4. The van der Waals surface area contributed by atoms with Gasteiger partial charge in [-0.15, -0.1) is 0 Å². The lowest BCUT2D eigenvalue weighted by Crippen LogP contribution is -2.30. The average Bonchev–Trinajstić information content (AvgIpc) is 2.42. The topological polar surface area (TPSA) is 58.2 Å². The number of nitrogens with one attached hydrogen (secondary N) is 2. The molecule has 2 rings (SSSR count). The van der Waals surface area contributed by atoms with Crippen molar-refractivity contribution in [3.8, 4) is 0 Å². The smallest absolute Gasteiger partial charge is 0.243 e. The summed E-state index contributed by atoms with van der Waals surface area (Å²) in [7, 11) is -4.01. The predicted octanol–water partition coefficient (Wildman–Crippen LogP) is 1.93. The zero-order valence-electron chi connectivity index (χ0n) is 10.4. The van der Waals surface area contributed by atoms with E-state index in [0.29, 0.717) is 12.6 Å². The lowest BCUT2D eigenvalue weighted by Gasteiger charge is -2.15. The third-order valence-electron chi connectivity index (χ3n) is 2.91. The molecule has 1 aliphatic rings. The summed E-state index contributed by atoms with van der Waals surface area (Å²) in [6.07, 6.45) is 2.63. The van der Waals surface area contributed by atoms with E-state index in [9.17, 15) is 17.2 Å². The maximum atomic E-state index is 13.6. The first-order valence-corrected chi connectivity index (χ1v) is 8.20. The number of halogens is 3. The van der Waals surface area contributed by atoms with Crippen molar-refractivity contribution < 1.29 is 17.2 Å². The fourth-order valence-electron chi connectivity index (χ4n) is 1.81.